The normalized spacial score (nSPS) is 15.2. The number of methoxy groups -OCH3 is 1. The third-order valence-electron chi connectivity index (χ3n) is 4.94. The van der Waals surface area contributed by atoms with Gasteiger partial charge in [-0.1, -0.05) is 19.3 Å². The molecule has 1 saturated carbocycles. The quantitative estimate of drug-likeness (QED) is 0.685. The van der Waals surface area contributed by atoms with Crippen LogP contribution in [0.15, 0.2) is 42.9 Å². The minimum absolute atomic E-state index is 0.259. The second-order valence-electron chi connectivity index (χ2n) is 6.58. The molecule has 0 amide bonds. The zero-order valence-corrected chi connectivity index (χ0v) is 14.7. The Hall–Kier alpha value is -2.76. The summed E-state index contributed by atoms with van der Waals surface area (Å²) in [5.41, 5.74) is 3.37. The number of aromatic nitrogens is 4. The number of imidazole rings is 1. The van der Waals surface area contributed by atoms with Crippen LogP contribution in [0.1, 0.15) is 38.1 Å². The predicted octanol–water partition coefficient (Wildman–Crippen LogP) is 4.66. The van der Waals surface area contributed by atoms with Crippen molar-refractivity contribution in [1.82, 2.24) is 19.5 Å². The zero-order valence-electron chi connectivity index (χ0n) is 14.7. The summed E-state index contributed by atoms with van der Waals surface area (Å²) in [4.78, 5) is 13.3. The van der Waals surface area contributed by atoms with Crippen molar-refractivity contribution in [2.24, 2.45) is 0 Å². The molecule has 26 heavy (non-hydrogen) atoms. The lowest BCUT2D eigenvalue weighted by Crippen LogP contribution is -2.13. The van der Waals surface area contributed by atoms with E-state index in [1.807, 2.05) is 12.4 Å². The molecule has 1 aromatic carbocycles. The lowest BCUT2D eigenvalue weighted by atomic mass is 9.95. The molecule has 0 saturated heterocycles. The third kappa shape index (κ3) is 3.19. The van der Waals surface area contributed by atoms with Gasteiger partial charge in [-0.3, -0.25) is 0 Å². The van der Waals surface area contributed by atoms with Crippen molar-refractivity contribution in [3.05, 3.63) is 48.7 Å². The maximum absolute atomic E-state index is 13.4. The molecule has 0 bridgehead atoms. The lowest BCUT2D eigenvalue weighted by molar-refractivity contribution is 0.354. The van der Waals surface area contributed by atoms with Crippen molar-refractivity contribution in [3.8, 4) is 28.7 Å². The molecule has 5 nitrogen and oxygen atoms in total. The Morgan fingerprint density at radius 3 is 2.54 bits per heavy atom. The molecule has 0 N–H and O–H groups in total. The SMILES string of the molecule is COc1nccc(-c2c(-c3ccc(F)cc3)ncn2C2CCCCC2)n1. The summed E-state index contributed by atoms with van der Waals surface area (Å²) in [5.74, 6) is -0.259. The van der Waals surface area contributed by atoms with Crippen LogP contribution in [-0.4, -0.2) is 26.6 Å². The number of nitrogens with zero attached hydrogens (tertiary/aromatic N) is 4. The molecule has 0 aliphatic heterocycles. The van der Waals surface area contributed by atoms with Crippen LogP contribution < -0.4 is 4.74 Å². The smallest absolute Gasteiger partial charge is 0.316 e. The van der Waals surface area contributed by atoms with Crippen LogP contribution >= 0.6 is 0 Å². The summed E-state index contributed by atoms with van der Waals surface area (Å²) >= 11 is 0. The average Bonchev–Trinajstić information content (AvgIpc) is 3.14. The first-order valence-electron chi connectivity index (χ1n) is 8.96. The average molecular weight is 352 g/mol. The summed E-state index contributed by atoms with van der Waals surface area (Å²) in [5, 5.41) is 0. The summed E-state index contributed by atoms with van der Waals surface area (Å²) < 4.78 is 20.8. The van der Waals surface area contributed by atoms with Gasteiger partial charge in [0.2, 0.25) is 0 Å². The van der Waals surface area contributed by atoms with Gasteiger partial charge in [-0.2, -0.15) is 4.98 Å². The van der Waals surface area contributed by atoms with Gasteiger partial charge < -0.3 is 9.30 Å². The minimum Gasteiger partial charge on any atom is -0.467 e. The van der Waals surface area contributed by atoms with Crippen LogP contribution in [-0.2, 0) is 0 Å². The molecule has 1 aliphatic carbocycles. The van der Waals surface area contributed by atoms with Gasteiger partial charge in [0.15, 0.2) is 0 Å². The third-order valence-corrected chi connectivity index (χ3v) is 4.94. The lowest BCUT2D eigenvalue weighted by Gasteiger charge is -2.25. The number of benzene rings is 1. The van der Waals surface area contributed by atoms with Gasteiger partial charge in [0.25, 0.3) is 0 Å². The van der Waals surface area contributed by atoms with Crippen LogP contribution in [0, 0.1) is 5.82 Å². The fourth-order valence-corrected chi connectivity index (χ4v) is 3.64. The van der Waals surface area contributed by atoms with Crippen molar-refractivity contribution >= 4 is 0 Å². The van der Waals surface area contributed by atoms with E-state index in [4.69, 9.17) is 4.74 Å². The summed E-state index contributed by atoms with van der Waals surface area (Å²) in [6, 6.07) is 9.02. The van der Waals surface area contributed by atoms with Crippen molar-refractivity contribution in [2.45, 2.75) is 38.1 Å². The van der Waals surface area contributed by atoms with Gasteiger partial charge in [-0.25, -0.2) is 14.4 Å². The minimum atomic E-state index is -0.259. The predicted molar refractivity (Wildman–Crippen MR) is 97.3 cm³/mol. The Bertz CT molecular complexity index is 885. The van der Waals surface area contributed by atoms with E-state index in [0.717, 1.165) is 35.5 Å². The van der Waals surface area contributed by atoms with Crippen LogP contribution in [0.5, 0.6) is 6.01 Å². The first-order valence-corrected chi connectivity index (χ1v) is 8.96. The highest BCUT2D eigenvalue weighted by molar-refractivity contribution is 5.77. The number of halogens is 1. The molecule has 2 heterocycles. The molecule has 0 spiro atoms. The molecule has 134 valence electrons. The fourth-order valence-electron chi connectivity index (χ4n) is 3.64. The van der Waals surface area contributed by atoms with Crippen LogP contribution in [0.4, 0.5) is 4.39 Å². The Morgan fingerprint density at radius 1 is 1.04 bits per heavy atom. The fraction of sp³-hybridized carbons (Fsp3) is 0.350. The van der Waals surface area contributed by atoms with E-state index in [1.165, 1.54) is 31.4 Å². The molecule has 1 fully saturated rings. The summed E-state index contributed by atoms with van der Waals surface area (Å²) in [6.07, 6.45) is 9.57. The van der Waals surface area contributed by atoms with E-state index in [1.54, 1.807) is 25.4 Å². The van der Waals surface area contributed by atoms with Crippen LogP contribution in [0.3, 0.4) is 0 Å². The number of ether oxygens (including phenoxy) is 1. The number of hydrogen-bond acceptors (Lipinski definition) is 4. The maximum Gasteiger partial charge on any atom is 0.316 e. The molecule has 0 unspecified atom stereocenters. The van der Waals surface area contributed by atoms with Crippen LogP contribution in [0.2, 0.25) is 0 Å². The molecule has 0 atom stereocenters. The van der Waals surface area contributed by atoms with E-state index < -0.39 is 0 Å². The Labute approximate surface area is 151 Å². The second kappa shape index (κ2) is 7.23. The van der Waals surface area contributed by atoms with E-state index in [9.17, 15) is 4.39 Å². The number of hydrogen-bond donors (Lipinski definition) is 0. The molecule has 1 aliphatic rings. The monoisotopic (exact) mass is 352 g/mol. The van der Waals surface area contributed by atoms with Gasteiger partial charge in [0.05, 0.1) is 30.5 Å². The van der Waals surface area contributed by atoms with E-state index in [0.29, 0.717) is 12.1 Å². The largest absolute Gasteiger partial charge is 0.467 e. The highest BCUT2D eigenvalue weighted by Crippen LogP contribution is 2.37. The number of rotatable bonds is 4. The summed E-state index contributed by atoms with van der Waals surface area (Å²) in [6.45, 7) is 0. The van der Waals surface area contributed by atoms with Crippen molar-refractivity contribution in [3.63, 3.8) is 0 Å². The molecule has 0 radical (unpaired) electrons. The molecule has 3 aromatic rings. The van der Waals surface area contributed by atoms with Gasteiger partial charge >= 0.3 is 6.01 Å². The molecule has 2 aromatic heterocycles. The highest BCUT2D eigenvalue weighted by atomic mass is 19.1. The standard InChI is InChI=1S/C20H21FN4O/c1-26-20-22-12-11-17(24-20)19-18(14-7-9-15(21)10-8-14)23-13-25(19)16-5-3-2-4-6-16/h7-13,16H,2-6H2,1H3. The maximum atomic E-state index is 13.4. The molecular weight excluding hydrogens is 331 g/mol. The Balaban J connectivity index is 1.86. The summed E-state index contributed by atoms with van der Waals surface area (Å²) in [7, 11) is 1.55. The van der Waals surface area contributed by atoms with Gasteiger partial charge in [-0.05, 0) is 43.2 Å². The Kier molecular flexibility index (Phi) is 4.65. The van der Waals surface area contributed by atoms with Gasteiger partial charge in [0, 0.05) is 17.8 Å². The highest BCUT2D eigenvalue weighted by Gasteiger charge is 2.23. The van der Waals surface area contributed by atoms with E-state index in [2.05, 4.69) is 19.5 Å². The molecule has 4 rings (SSSR count). The zero-order chi connectivity index (χ0) is 17.9. The molecule has 6 heteroatoms. The van der Waals surface area contributed by atoms with Crippen molar-refractivity contribution in [1.29, 1.82) is 0 Å². The Morgan fingerprint density at radius 2 is 1.81 bits per heavy atom. The van der Waals surface area contributed by atoms with Crippen LogP contribution in [0.25, 0.3) is 22.6 Å². The van der Waals surface area contributed by atoms with Crippen molar-refractivity contribution < 1.29 is 9.13 Å². The first-order chi connectivity index (χ1) is 12.8. The van der Waals surface area contributed by atoms with Gasteiger partial charge in [-0.15, -0.1) is 0 Å². The topological polar surface area (TPSA) is 52.8 Å². The van der Waals surface area contributed by atoms with Crippen molar-refractivity contribution in [2.75, 3.05) is 7.11 Å². The van der Waals surface area contributed by atoms with Gasteiger partial charge in [0.1, 0.15) is 5.82 Å². The van der Waals surface area contributed by atoms with E-state index in [-0.39, 0.29) is 5.82 Å². The first kappa shape index (κ1) is 16.7. The van der Waals surface area contributed by atoms with E-state index >= 15 is 0 Å². The molecular formula is C20H21FN4O. The second-order valence-corrected chi connectivity index (χ2v) is 6.58.